The molecule has 1 nitrogen and oxygen atoms in total. The molecule has 1 N–H and O–H groups in total. The fraction of sp³-hybridized carbons (Fsp3) is 0.667. The molecule has 0 heterocycles. The Labute approximate surface area is 119 Å². The summed E-state index contributed by atoms with van der Waals surface area (Å²) in [5, 5.41) is 3.65. The first-order valence-electron chi connectivity index (χ1n) is 8.02. The summed E-state index contributed by atoms with van der Waals surface area (Å²) in [5.41, 5.74) is 2.89. The molecule has 1 unspecified atom stereocenters. The van der Waals surface area contributed by atoms with E-state index in [0.29, 0.717) is 6.04 Å². The van der Waals surface area contributed by atoms with Crippen molar-refractivity contribution in [1.29, 1.82) is 0 Å². The number of hydrogen-bond acceptors (Lipinski definition) is 1. The third-order valence-corrected chi connectivity index (χ3v) is 3.89. The zero-order chi connectivity index (χ0) is 13.9. The quantitative estimate of drug-likeness (QED) is 0.592. The summed E-state index contributed by atoms with van der Waals surface area (Å²) in [6.07, 6.45) is 9.38. The number of unbranched alkanes of at least 4 members (excludes halogenated alkanes) is 4. The monoisotopic (exact) mass is 261 g/mol. The molecule has 1 heteroatoms. The smallest absolute Gasteiger partial charge is 0.00388 e. The summed E-state index contributed by atoms with van der Waals surface area (Å²) < 4.78 is 0. The predicted octanol–water partition coefficient (Wildman–Crippen LogP) is 4.88. The van der Waals surface area contributed by atoms with Gasteiger partial charge >= 0.3 is 0 Å². The van der Waals surface area contributed by atoms with E-state index in [1.165, 1.54) is 49.7 Å². The first kappa shape index (κ1) is 16.2. The van der Waals surface area contributed by atoms with Gasteiger partial charge in [-0.1, -0.05) is 63.3 Å². The Morgan fingerprint density at radius 3 is 2.53 bits per heavy atom. The zero-order valence-electron chi connectivity index (χ0n) is 13.0. The molecule has 0 bridgehead atoms. The normalized spacial score (nSPS) is 12.6. The highest BCUT2D eigenvalue weighted by atomic mass is 14.9. The molecule has 1 aromatic rings. The van der Waals surface area contributed by atoms with Gasteiger partial charge in [-0.05, 0) is 44.4 Å². The zero-order valence-corrected chi connectivity index (χ0v) is 13.0. The minimum atomic E-state index is 0.658. The Morgan fingerprint density at radius 2 is 1.79 bits per heavy atom. The van der Waals surface area contributed by atoms with Gasteiger partial charge in [0.1, 0.15) is 0 Å². The number of rotatable bonds is 10. The standard InChI is InChI=1S/C18H31N/c1-4-5-6-7-8-12-17(3)19-15-14-18-13-10-9-11-16(18)2/h9-11,13,17,19H,4-8,12,14-15H2,1-3H3. The van der Waals surface area contributed by atoms with E-state index in [2.05, 4.69) is 50.4 Å². The van der Waals surface area contributed by atoms with Crippen LogP contribution in [0.1, 0.15) is 63.5 Å². The van der Waals surface area contributed by atoms with E-state index < -0.39 is 0 Å². The van der Waals surface area contributed by atoms with Crippen molar-refractivity contribution < 1.29 is 0 Å². The van der Waals surface area contributed by atoms with Crippen molar-refractivity contribution >= 4 is 0 Å². The SMILES string of the molecule is CCCCCCCC(C)NCCc1ccccc1C. The van der Waals surface area contributed by atoms with Crippen molar-refractivity contribution in [1.82, 2.24) is 5.32 Å². The number of benzene rings is 1. The molecule has 1 rings (SSSR count). The molecule has 0 aliphatic carbocycles. The highest BCUT2D eigenvalue weighted by Gasteiger charge is 2.02. The van der Waals surface area contributed by atoms with E-state index in [0.717, 1.165) is 13.0 Å². The number of hydrogen-bond donors (Lipinski definition) is 1. The highest BCUT2D eigenvalue weighted by Crippen LogP contribution is 2.09. The Hall–Kier alpha value is -0.820. The van der Waals surface area contributed by atoms with E-state index in [1.807, 2.05) is 0 Å². The molecular weight excluding hydrogens is 230 g/mol. The fourth-order valence-corrected chi connectivity index (χ4v) is 2.50. The summed E-state index contributed by atoms with van der Waals surface area (Å²) in [7, 11) is 0. The van der Waals surface area contributed by atoms with Gasteiger partial charge in [-0.3, -0.25) is 0 Å². The van der Waals surface area contributed by atoms with Gasteiger partial charge in [-0.15, -0.1) is 0 Å². The molecule has 108 valence electrons. The first-order chi connectivity index (χ1) is 9.24. The summed E-state index contributed by atoms with van der Waals surface area (Å²) in [6, 6.07) is 9.36. The molecule has 0 saturated carbocycles. The summed E-state index contributed by atoms with van der Waals surface area (Å²) in [4.78, 5) is 0. The van der Waals surface area contributed by atoms with Gasteiger partial charge in [-0.25, -0.2) is 0 Å². The van der Waals surface area contributed by atoms with E-state index in [-0.39, 0.29) is 0 Å². The van der Waals surface area contributed by atoms with E-state index in [4.69, 9.17) is 0 Å². The number of aryl methyl sites for hydroxylation is 1. The third kappa shape index (κ3) is 7.37. The van der Waals surface area contributed by atoms with Crippen molar-refractivity contribution in [2.24, 2.45) is 0 Å². The first-order valence-corrected chi connectivity index (χ1v) is 8.02. The summed E-state index contributed by atoms with van der Waals surface area (Å²) in [6.45, 7) is 7.89. The topological polar surface area (TPSA) is 12.0 Å². The largest absolute Gasteiger partial charge is 0.314 e. The molecule has 0 saturated heterocycles. The third-order valence-electron chi connectivity index (χ3n) is 3.89. The van der Waals surface area contributed by atoms with Crippen molar-refractivity contribution in [2.75, 3.05) is 6.54 Å². The number of nitrogens with one attached hydrogen (secondary N) is 1. The molecule has 19 heavy (non-hydrogen) atoms. The van der Waals surface area contributed by atoms with Gasteiger partial charge < -0.3 is 5.32 Å². The average molecular weight is 261 g/mol. The van der Waals surface area contributed by atoms with Crippen LogP contribution < -0.4 is 5.32 Å². The summed E-state index contributed by atoms with van der Waals surface area (Å²) >= 11 is 0. The van der Waals surface area contributed by atoms with Gasteiger partial charge in [0, 0.05) is 6.04 Å². The molecule has 0 aliphatic heterocycles. The van der Waals surface area contributed by atoms with Crippen molar-refractivity contribution in [3.05, 3.63) is 35.4 Å². The van der Waals surface area contributed by atoms with Crippen LogP contribution in [0.3, 0.4) is 0 Å². The van der Waals surface area contributed by atoms with Crippen LogP contribution in [0.15, 0.2) is 24.3 Å². The van der Waals surface area contributed by atoms with E-state index in [1.54, 1.807) is 0 Å². The average Bonchev–Trinajstić information content (AvgIpc) is 2.41. The Morgan fingerprint density at radius 1 is 1.05 bits per heavy atom. The van der Waals surface area contributed by atoms with Crippen LogP contribution in [0.25, 0.3) is 0 Å². The lowest BCUT2D eigenvalue weighted by Crippen LogP contribution is -2.28. The predicted molar refractivity (Wildman–Crippen MR) is 85.7 cm³/mol. The Kier molecular flexibility index (Phi) is 8.57. The van der Waals surface area contributed by atoms with E-state index in [9.17, 15) is 0 Å². The fourth-order valence-electron chi connectivity index (χ4n) is 2.50. The lowest BCUT2D eigenvalue weighted by Gasteiger charge is -2.14. The lowest BCUT2D eigenvalue weighted by atomic mass is 10.0. The Balaban J connectivity index is 2.07. The van der Waals surface area contributed by atoms with Crippen LogP contribution in [0, 0.1) is 6.92 Å². The van der Waals surface area contributed by atoms with Crippen LogP contribution >= 0.6 is 0 Å². The Bertz CT molecular complexity index is 332. The molecule has 1 aromatic carbocycles. The van der Waals surface area contributed by atoms with Crippen LogP contribution in [0.2, 0.25) is 0 Å². The molecular formula is C18H31N. The molecule has 0 radical (unpaired) electrons. The van der Waals surface area contributed by atoms with Crippen LogP contribution in [-0.4, -0.2) is 12.6 Å². The van der Waals surface area contributed by atoms with E-state index >= 15 is 0 Å². The second-order valence-electron chi connectivity index (χ2n) is 5.73. The molecule has 0 amide bonds. The second kappa shape index (κ2) is 10.0. The van der Waals surface area contributed by atoms with Gasteiger partial charge in [0.2, 0.25) is 0 Å². The molecule has 0 aromatic heterocycles. The van der Waals surface area contributed by atoms with Crippen molar-refractivity contribution in [2.45, 2.75) is 71.8 Å². The van der Waals surface area contributed by atoms with Gasteiger partial charge in [0.05, 0.1) is 0 Å². The molecule has 0 fully saturated rings. The van der Waals surface area contributed by atoms with Crippen molar-refractivity contribution in [3.8, 4) is 0 Å². The van der Waals surface area contributed by atoms with Crippen LogP contribution in [-0.2, 0) is 6.42 Å². The maximum atomic E-state index is 3.65. The van der Waals surface area contributed by atoms with Gasteiger partial charge in [-0.2, -0.15) is 0 Å². The maximum absolute atomic E-state index is 3.65. The highest BCUT2D eigenvalue weighted by molar-refractivity contribution is 5.25. The van der Waals surface area contributed by atoms with Gasteiger partial charge in [0.15, 0.2) is 0 Å². The molecule has 1 atom stereocenters. The van der Waals surface area contributed by atoms with Crippen LogP contribution in [0.4, 0.5) is 0 Å². The minimum Gasteiger partial charge on any atom is -0.314 e. The van der Waals surface area contributed by atoms with Gasteiger partial charge in [0.25, 0.3) is 0 Å². The lowest BCUT2D eigenvalue weighted by molar-refractivity contribution is 0.483. The molecule has 0 spiro atoms. The van der Waals surface area contributed by atoms with Crippen molar-refractivity contribution in [3.63, 3.8) is 0 Å². The maximum Gasteiger partial charge on any atom is 0.00388 e. The second-order valence-corrected chi connectivity index (χ2v) is 5.73. The molecule has 0 aliphatic rings. The summed E-state index contributed by atoms with van der Waals surface area (Å²) in [5.74, 6) is 0. The minimum absolute atomic E-state index is 0.658. The van der Waals surface area contributed by atoms with Crippen LogP contribution in [0.5, 0.6) is 0 Å².